The van der Waals surface area contributed by atoms with Crippen LogP contribution in [0.15, 0.2) is 24.3 Å². The molecule has 0 aliphatic heterocycles. The first kappa shape index (κ1) is 15.3. The molecule has 1 aromatic rings. The molecule has 3 heteroatoms. The highest BCUT2D eigenvalue weighted by atomic mass is 35.5. The minimum atomic E-state index is 0.289. The molecule has 18 heavy (non-hydrogen) atoms. The Morgan fingerprint density at radius 3 is 2.56 bits per heavy atom. The Hall–Kier alpha value is -0.730. The van der Waals surface area contributed by atoms with Crippen molar-refractivity contribution >= 4 is 11.6 Å². The Balaban J connectivity index is 2.34. The van der Waals surface area contributed by atoms with Gasteiger partial charge in [0.15, 0.2) is 0 Å². The summed E-state index contributed by atoms with van der Waals surface area (Å²) in [7, 11) is 0. The van der Waals surface area contributed by atoms with E-state index in [1.54, 1.807) is 0 Å². The molecule has 2 nitrogen and oxygen atoms in total. The topological polar surface area (TPSA) is 35.2 Å². The van der Waals surface area contributed by atoms with Crippen molar-refractivity contribution in [2.24, 2.45) is 11.1 Å². The van der Waals surface area contributed by atoms with Crippen LogP contribution in [-0.4, -0.2) is 13.2 Å². The molecular formula is C15H24ClNO. The first-order valence-electron chi connectivity index (χ1n) is 6.74. The van der Waals surface area contributed by atoms with Crippen LogP contribution in [0.3, 0.4) is 0 Å². The van der Waals surface area contributed by atoms with Gasteiger partial charge in [0.1, 0.15) is 5.75 Å². The number of hydrogen-bond acceptors (Lipinski definition) is 2. The summed E-state index contributed by atoms with van der Waals surface area (Å²) in [5, 5.41) is 0.714. The lowest BCUT2D eigenvalue weighted by atomic mass is 9.78. The van der Waals surface area contributed by atoms with Crippen LogP contribution in [0.5, 0.6) is 5.75 Å². The lowest BCUT2D eigenvalue weighted by Crippen LogP contribution is -2.29. The van der Waals surface area contributed by atoms with Crippen molar-refractivity contribution in [3.63, 3.8) is 0 Å². The molecule has 0 saturated carbocycles. The van der Waals surface area contributed by atoms with Gasteiger partial charge in [-0.05, 0) is 55.8 Å². The molecule has 0 amide bonds. The molecule has 0 saturated heterocycles. The average Bonchev–Trinajstić information content (AvgIpc) is 2.40. The highest BCUT2D eigenvalue weighted by Gasteiger charge is 2.23. The van der Waals surface area contributed by atoms with Crippen LogP contribution in [-0.2, 0) is 0 Å². The molecule has 1 aromatic carbocycles. The van der Waals surface area contributed by atoms with Crippen molar-refractivity contribution in [3.8, 4) is 5.75 Å². The van der Waals surface area contributed by atoms with E-state index in [9.17, 15) is 0 Å². The Morgan fingerprint density at radius 1 is 1.28 bits per heavy atom. The zero-order valence-electron chi connectivity index (χ0n) is 11.4. The Labute approximate surface area is 115 Å². The molecule has 2 N–H and O–H groups in total. The van der Waals surface area contributed by atoms with Crippen LogP contribution in [0.1, 0.15) is 39.5 Å². The van der Waals surface area contributed by atoms with Gasteiger partial charge >= 0.3 is 0 Å². The van der Waals surface area contributed by atoms with E-state index >= 15 is 0 Å². The first-order valence-corrected chi connectivity index (χ1v) is 7.12. The molecule has 0 unspecified atom stereocenters. The van der Waals surface area contributed by atoms with Gasteiger partial charge in [-0.15, -0.1) is 0 Å². The first-order chi connectivity index (χ1) is 8.65. The third kappa shape index (κ3) is 4.51. The van der Waals surface area contributed by atoms with Gasteiger partial charge in [0.2, 0.25) is 0 Å². The molecule has 0 fully saturated rings. The maximum Gasteiger partial charge on any atom is 0.120 e. The quantitative estimate of drug-likeness (QED) is 0.716. The SMILES string of the molecule is CCC(CC)(CN)CCCOc1cccc(Cl)c1. The van der Waals surface area contributed by atoms with Crippen LogP contribution in [0.25, 0.3) is 0 Å². The third-order valence-electron chi connectivity index (χ3n) is 3.85. The number of rotatable bonds is 8. The number of nitrogens with two attached hydrogens (primary N) is 1. The summed E-state index contributed by atoms with van der Waals surface area (Å²) in [6.45, 7) is 5.92. The normalized spacial score (nSPS) is 11.6. The lowest BCUT2D eigenvalue weighted by molar-refractivity contribution is 0.213. The van der Waals surface area contributed by atoms with Crippen molar-refractivity contribution in [1.29, 1.82) is 0 Å². The van der Waals surface area contributed by atoms with Crippen LogP contribution < -0.4 is 10.5 Å². The van der Waals surface area contributed by atoms with Gasteiger partial charge in [-0.3, -0.25) is 0 Å². The smallest absolute Gasteiger partial charge is 0.120 e. The Morgan fingerprint density at radius 2 is 2.00 bits per heavy atom. The van der Waals surface area contributed by atoms with Gasteiger partial charge in [0.05, 0.1) is 6.61 Å². The van der Waals surface area contributed by atoms with Gasteiger partial charge in [-0.25, -0.2) is 0 Å². The monoisotopic (exact) mass is 269 g/mol. The van der Waals surface area contributed by atoms with Gasteiger partial charge in [0.25, 0.3) is 0 Å². The number of ether oxygens (including phenoxy) is 1. The van der Waals surface area contributed by atoms with E-state index in [4.69, 9.17) is 22.1 Å². The van der Waals surface area contributed by atoms with Crippen LogP contribution in [0.2, 0.25) is 5.02 Å². The van der Waals surface area contributed by atoms with Gasteiger partial charge in [0, 0.05) is 5.02 Å². The van der Waals surface area contributed by atoms with E-state index in [1.165, 1.54) is 0 Å². The van der Waals surface area contributed by atoms with Crippen molar-refractivity contribution in [2.45, 2.75) is 39.5 Å². The second-order valence-electron chi connectivity index (χ2n) is 4.82. The average molecular weight is 270 g/mol. The van der Waals surface area contributed by atoms with Crippen molar-refractivity contribution in [2.75, 3.05) is 13.2 Å². The molecule has 0 bridgehead atoms. The highest BCUT2D eigenvalue weighted by molar-refractivity contribution is 6.30. The van der Waals surface area contributed by atoms with Crippen LogP contribution >= 0.6 is 11.6 Å². The zero-order chi connectivity index (χ0) is 13.4. The fourth-order valence-electron chi connectivity index (χ4n) is 2.19. The molecule has 0 heterocycles. The maximum absolute atomic E-state index is 5.90. The molecule has 0 aliphatic rings. The summed E-state index contributed by atoms with van der Waals surface area (Å²) in [5.74, 6) is 0.842. The molecular weight excluding hydrogens is 246 g/mol. The molecule has 1 rings (SSSR count). The zero-order valence-corrected chi connectivity index (χ0v) is 12.2. The largest absolute Gasteiger partial charge is 0.494 e. The van der Waals surface area contributed by atoms with E-state index in [0.717, 1.165) is 44.6 Å². The predicted octanol–water partition coefficient (Wildman–Crippen LogP) is 4.26. The molecule has 0 aliphatic carbocycles. The second-order valence-corrected chi connectivity index (χ2v) is 5.26. The fraction of sp³-hybridized carbons (Fsp3) is 0.600. The van der Waals surface area contributed by atoms with E-state index in [-0.39, 0.29) is 5.41 Å². The summed E-state index contributed by atoms with van der Waals surface area (Å²) >= 11 is 5.90. The van der Waals surface area contributed by atoms with Gasteiger partial charge in [-0.2, -0.15) is 0 Å². The van der Waals surface area contributed by atoms with Gasteiger partial charge in [-0.1, -0.05) is 31.5 Å². The number of hydrogen-bond donors (Lipinski definition) is 1. The molecule has 102 valence electrons. The fourth-order valence-corrected chi connectivity index (χ4v) is 2.37. The van der Waals surface area contributed by atoms with Crippen LogP contribution in [0.4, 0.5) is 0 Å². The van der Waals surface area contributed by atoms with E-state index in [2.05, 4.69) is 13.8 Å². The van der Waals surface area contributed by atoms with E-state index < -0.39 is 0 Å². The summed E-state index contributed by atoms with van der Waals surface area (Å²) in [5.41, 5.74) is 6.17. The van der Waals surface area contributed by atoms with E-state index in [0.29, 0.717) is 5.02 Å². The van der Waals surface area contributed by atoms with Crippen molar-refractivity contribution < 1.29 is 4.74 Å². The minimum absolute atomic E-state index is 0.289. The van der Waals surface area contributed by atoms with Crippen LogP contribution in [0, 0.1) is 5.41 Å². The molecule has 0 atom stereocenters. The summed E-state index contributed by atoms with van der Waals surface area (Å²) in [6, 6.07) is 7.53. The van der Waals surface area contributed by atoms with Gasteiger partial charge < -0.3 is 10.5 Å². The summed E-state index contributed by atoms with van der Waals surface area (Å²) in [6.07, 6.45) is 4.43. The molecule has 0 aromatic heterocycles. The standard InChI is InChI=1S/C15H24ClNO/c1-3-15(4-2,12-17)9-6-10-18-14-8-5-7-13(16)11-14/h5,7-8,11H,3-4,6,9-10,12,17H2,1-2H3. The highest BCUT2D eigenvalue weighted by Crippen LogP contribution is 2.30. The summed E-state index contributed by atoms with van der Waals surface area (Å²) < 4.78 is 5.69. The maximum atomic E-state index is 5.90. The predicted molar refractivity (Wildman–Crippen MR) is 78.3 cm³/mol. The molecule has 0 radical (unpaired) electrons. The Bertz CT molecular complexity index is 342. The second kappa shape index (κ2) is 7.65. The van der Waals surface area contributed by atoms with Crippen molar-refractivity contribution in [3.05, 3.63) is 29.3 Å². The molecule has 0 spiro atoms. The lowest BCUT2D eigenvalue weighted by Gasteiger charge is -2.30. The minimum Gasteiger partial charge on any atom is -0.494 e. The Kier molecular flexibility index (Phi) is 6.51. The number of halogens is 1. The number of benzene rings is 1. The third-order valence-corrected chi connectivity index (χ3v) is 4.08. The van der Waals surface area contributed by atoms with E-state index in [1.807, 2.05) is 24.3 Å². The summed E-state index contributed by atoms with van der Waals surface area (Å²) in [4.78, 5) is 0. The van der Waals surface area contributed by atoms with Crippen molar-refractivity contribution in [1.82, 2.24) is 0 Å².